The van der Waals surface area contributed by atoms with E-state index in [1.807, 2.05) is 12.1 Å². The van der Waals surface area contributed by atoms with Crippen LogP contribution in [0.1, 0.15) is 44.6 Å². The van der Waals surface area contributed by atoms with E-state index >= 15 is 0 Å². The molecule has 4 atom stereocenters. The van der Waals surface area contributed by atoms with Crippen LogP contribution >= 0.6 is 0 Å². The molecule has 2 N–H and O–H groups in total. The van der Waals surface area contributed by atoms with Crippen LogP contribution in [-0.2, 0) is 5.41 Å². The van der Waals surface area contributed by atoms with Gasteiger partial charge in [-0.1, -0.05) is 31.9 Å². The predicted octanol–water partition coefficient (Wildman–Crippen LogP) is 3.30. The van der Waals surface area contributed by atoms with Gasteiger partial charge in [-0.25, -0.2) is 0 Å². The SMILES string of the molecule is CC1CC2CCCC(C2)C1(CN)c1cccc(O[N+](=O)[O-])c1. The zero-order valence-corrected chi connectivity index (χ0v) is 13.0. The Kier molecular flexibility index (Phi) is 4.08. The van der Waals surface area contributed by atoms with Gasteiger partial charge in [0, 0.05) is 12.0 Å². The molecule has 0 aliphatic heterocycles. The number of nitrogens with two attached hydrogens (primary N) is 1. The van der Waals surface area contributed by atoms with Crippen LogP contribution in [0.25, 0.3) is 0 Å². The van der Waals surface area contributed by atoms with Crippen LogP contribution in [0.5, 0.6) is 5.75 Å². The van der Waals surface area contributed by atoms with Gasteiger partial charge in [-0.2, -0.15) is 0 Å². The van der Waals surface area contributed by atoms with Gasteiger partial charge in [0.05, 0.1) is 0 Å². The second-order valence-electron chi connectivity index (χ2n) is 6.95. The van der Waals surface area contributed by atoms with E-state index in [9.17, 15) is 10.1 Å². The third-order valence-electron chi connectivity index (χ3n) is 5.97. The van der Waals surface area contributed by atoms with Crippen LogP contribution in [0.15, 0.2) is 24.3 Å². The van der Waals surface area contributed by atoms with E-state index in [2.05, 4.69) is 17.8 Å². The van der Waals surface area contributed by atoms with Crippen LogP contribution in [0.3, 0.4) is 0 Å². The maximum Gasteiger partial charge on any atom is 0.299 e. The van der Waals surface area contributed by atoms with Crippen LogP contribution in [-0.4, -0.2) is 11.6 Å². The summed E-state index contributed by atoms with van der Waals surface area (Å²) in [6.45, 7) is 2.88. The summed E-state index contributed by atoms with van der Waals surface area (Å²) in [5.41, 5.74) is 7.30. The minimum Gasteiger partial charge on any atom is -0.330 e. The molecule has 5 nitrogen and oxygen atoms in total. The van der Waals surface area contributed by atoms with Crippen LogP contribution in [0, 0.1) is 27.9 Å². The fourth-order valence-corrected chi connectivity index (χ4v) is 5.02. The van der Waals surface area contributed by atoms with Gasteiger partial charge in [0.25, 0.3) is 5.09 Å². The average Bonchev–Trinajstić information content (AvgIpc) is 2.48. The topological polar surface area (TPSA) is 78.4 Å². The molecule has 0 heterocycles. The first-order chi connectivity index (χ1) is 10.6. The largest absolute Gasteiger partial charge is 0.330 e. The quantitative estimate of drug-likeness (QED) is 0.684. The first kappa shape index (κ1) is 15.3. The summed E-state index contributed by atoms with van der Waals surface area (Å²) in [6.07, 6.45) is 6.26. The molecule has 2 bridgehead atoms. The van der Waals surface area contributed by atoms with Crippen LogP contribution in [0.2, 0.25) is 0 Å². The maximum absolute atomic E-state index is 10.6. The molecule has 120 valence electrons. The molecule has 3 rings (SSSR count). The van der Waals surface area contributed by atoms with E-state index in [4.69, 9.17) is 5.73 Å². The molecule has 2 fully saturated rings. The molecule has 1 aromatic rings. The molecule has 2 aliphatic rings. The molecule has 0 spiro atoms. The second-order valence-corrected chi connectivity index (χ2v) is 6.95. The Bertz CT molecular complexity index is 561. The van der Waals surface area contributed by atoms with Crippen molar-refractivity contribution in [3.05, 3.63) is 39.9 Å². The summed E-state index contributed by atoms with van der Waals surface area (Å²) >= 11 is 0. The van der Waals surface area contributed by atoms with Crippen molar-refractivity contribution in [2.45, 2.75) is 44.4 Å². The summed E-state index contributed by atoms with van der Waals surface area (Å²) in [5, 5.41) is 9.85. The standard InChI is InChI=1S/C17H24N2O3/c1-12-8-13-4-2-5-14(9-13)17(12,11-18)15-6-3-7-16(10-15)22-19(20)21/h3,6-7,10,12-14H,2,4-5,8-9,11,18H2,1H3. The molecule has 0 aromatic heterocycles. The number of nitrogens with zero attached hydrogens (tertiary/aromatic N) is 1. The first-order valence-corrected chi connectivity index (χ1v) is 8.19. The summed E-state index contributed by atoms with van der Waals surface area (Å²) in [7, 11) is 0. The zero-order valence-electron chi connectivity index (χ0n) is 13.0. The Morgan fingerprint density at radius 1 is 1.41 bits per heavy atom. The smallest absolute Gasteiger partial charge is 0.299 e. The Morgan fingerprint density at radius 3 is 2.95 bits per heavy atom. The second kappa shape index (κ2) is 5.88. The summed E-state index contributed by atoms with van der Waals surface area (Å²) in [4.78, 5) is 15.3. The summed E-state index contributed by atoms with van der Waals surface area (Å²) in [5.74, 6) is 2.19. The van der Waals surface area contributed by atoms with Gasteiger partial charge in [-0.3, -0.25) is 4.84 Å². The Balaban J connectivity index is 1.99. The van der Waals surface area contributed by atoms with Gasteiger partial charge in [0.1, 0.15) is 5.75 Å². The summed E-state index contributed by atoms with van der Waals surface area (Å²) in [6, 6.07) is 7.35. The van der Waals surface area contributed by atoms with E-state index in [0.29, 0.717) is 24.1 Å². The third-order valence-corrected chi connectivity index (χ3v) is 5.97. The van der Waals surface area contributed by atoms with Crippen molar-refractivity contribution in [2.24, 2.45) is 23.5 Å². The average molecular weight is 304 g/mol. The van der Waals surface area contributed by atoms with E-state index in [-0.39, 0.29) is 5.41 Å². The van der Waals surface area contributed by atoms with Crippen molar-refractivity contribution >= 4 is 0 Å². The first-order valence-electron chi connectivity index (χ1n) is 8.19. The minimum atomic E-state index is -0.755. The maximum atomic E-state index is 10.6. The normalized spacial score (nSPS) is 34.2. The van der Waals surface area contributed by atoms with Crippen LogP contribution in [0.4, 0.5) is 0 Å². The molecule has 0 amide bonds. The van der Waals surface area contributed by atoms with Crippen LogP contribution < -0.4 is 10.6 Å². The number of fused-ring (bicyclic) bond motifs is 2. The lowest BCUT2D eigenvalue weighted by atomic mass is 9.52. The van der Waals surface area contributed by atoms with Crippen molar-refractivity contribution in [1.82, 2.24) is 0 Å². The predicted molar refractivity (Wildman–Crippen MR) is 84.0 cm³/mol. The van der Waals surface area contributed by atoms with E-state index in [1.54, 1.807) is 6.07 Å². The molecule has 5 heteroatoms. The number of benzene rings is 1. The number of hydrogen-bond acceptors (Lipinski definition) is 4. The molecular formula is C17H24N2O3. The number of rotatable bonds is 4. The molecule has 22 heavy (non-hydrogen) atoms. The Labute approximate surface area is 130 Å². The lowest BCUT2D eigenvalue weighted by Gasteiger charge is -2.53. The van der Waals surface area contributed by atoms with Crippen molar-refractivity contribution in [3.63, 3.8) is 0 Å². The molecule has 4 unspecified atom stereocenters. The highest BCUT2D eigenvalue weighted by atomic mass is 17.0. The fraction of sp³-hybridized carbons (Fsp3) is 0.647. The summed E-state index contributed by atoms with van der Waals surface area (Å²) < 4.78 is 0. The molecule has 2 saturated carbocycles. The molecule has 0 radical (unpaired) electrons. The molecular weight excluding hydrogens is 280 g/mol. The monoisotopic (exact) mass is 304 g/mol. The van der Waals surface area contributed by atoms with Gasteiger partial charge in [-0.05, 0) is 54.7 Å². The fourth-order valence-electron chi connectivity index (χ4n) is 5.02. The highest BCUT2D eigenvalue weighted by molar-refractivity contribution is 5.36. The number of hydrogen-bond donors (Lipinski definition) is 1. The van der Waals surface area contributed by atoms with E-state index in [1.165, 1.54) is 32.1 Å². The third kappa shape index (κ3) is 2.47. The van der Waals surface area contributed by atoms with Crippen molar-refractivity contribution in [1.29, 1.82) is 0 Å². The van der Waals surface area contributed by atoms with Gasteiger partial charge in [0.2, 0.25) is 0 Å². The highest BCUT2D eigenvalue weighted by Crippen LogP contribution is 2.54. The lowest BCUT2D eigenvalue weighted by Crippen LogP contribution is -2.52. The molecule has 2 aliphatic carbocycles. The van der Waals surface area contributed by atoms with Crippen molar-refractivity contribution in [3.8, 4) is 5.75 Å². The Morgan fingerprint density at radius 2 is 2.23 bits per heavy atom. The van der Waals surface area contributed by atoms with Gasteiger partial charge in [-0.15, -0.1) is 10.1 Å². The van der Waals surface area contributed by atoms with Crippen molar-refractivity contribution < 1.29 is 9.92 Å². The van der Waals surface area contributed by atoms with Gasteiger partial charge >= 0.3 is 0 Å². The van der Waals surface area contributed by atoms with Gasteiger partial charge < -0.3 is 5.73 Å². The van der Waals surface area contributed by atoms with E-state index < -0.39 is 5.09 Å². The Hall–Kier alpha value is -1.62. The minimum absolute atomic E-state index is 0.0765. The molecule has 1 aromatic carbocycles. The van der Waals surface area contributed by atoms with E-state index in [0.717, 1.165) is 11.5 Å². The molecule has 0 saturated heterocycles. The zero-order chi connectivity index (χ0) is 15.7. The van der Waals surface area contributed by atoms with Gasteiger partial charge in [0.15, 0.2) is 0 Å². The lowest BCUT2D eigenvalue weighted by molar-refractivity contribution is -0.711. The van der Waals surface area contributed by atoms with Crippen molar-refractivity contribution in [2.75, 3.05) is 6.54 Å². The highest BCUT2D eigenvalue weighted by Gasteiger charge is 2.49.